The van der Waals surface area contributed by atoms with Gasteiger partial charge in [-0.2, -0.15) is 0 Å². The lowest BCUT2D eigenvalue weighted by Gasteiger charge is -2.32. The number of nitrogens with one attached hydrogen (secondary N) is 1. The van der Waals surface area contributed by atoms with Crippen molar-refractivity contribution in [2.24, 2.45) is 5.92 Å². The molecule has 0 spiro atoms. The molecule has 1 atom stereocenters. The molecule has 0 bridgehead atoms. The van der Waals surface area contributed by atoms with E-state index in [-0.39, 0.29) is 42.3 Å². The number of carbonyl (C=O) groups excluding carboxylic acids is 2. The number of hydrogen-bond acceptors (Lipinski definition) is 3. The Hall–Kier alpha value is -2.87. The first-order valence-corrected chi connectivity index (χ1v) is 10.4. The number of halogens is 3. The monoisotopic (exact) mass is 431 g/mol. The first kappa shape index (κ1) is 21.4. The average molecular weight is 431 g/mol. The Morgan fingerprint density at radius 3 is 2.35 bits per heavy atom. The zero-order chi connectivity index (χ0) is 22.0. The van der Waals surface area contributed by atoms with Crippen molar-refractivity contribution in [1.82, 2.24) is 10.2 Å². The normalized spacial score (nSPS) is 20.3. The lowest BCUT2D eigenvalue weighted by atomic mass is 10.0. The maximum absolute atomic E-state index is 14.0. The fourth-order valence-corrected chi connectivity index (χ4v) is 4.22. The topological polar surface area (TPSA) is 52.7 Å². The highest BCUT2D eigenvalue weighted by atomic mass is 19.1. The highest BCUT2D eigenvalue weighted by Gasteiger charge is 2.37. The molecule has 2 aromatic carbocycles. The van der Waals surface area contributed by atoms with Crippen LogP contribution in [0.4, 0.5) is 18.9 Å². The average Bonchev–Trinajstić information content (AvgIpc) is 3.13. The van der Waals surface area contributed by atoms with Gasteiger partial charge in [0, 0.05) is 44.7 Å². The minimum Gasteiger partial charge on any atom is -0.353 e. The molecule has 2 amide bonds. The number of rotatable bonds is 5. The van der Waals surface area contributed by atoms with Crippen LogP contribution in [0.3, 0.4) is 0 Å². The Morgan fingerprint density at radius 2 is 1.68 bits per heavy atom. The molecule has 0 saturated carbocycles. The van der Waals surface area contributed by atoms with Crippen molar-refractivity contribution in [3.63, 3.8) is 0 Å². The van der Waals surface area contributed by atoms with Gasteiger partial charge in [-0.05, 0) is 42.7 Å². The molecular formula is C23H24F3N3O2. The van der Waals surface area contributed by atoms with E-state index in [4.69, 9.17) is 0 Å². The zero-order valence-corrected chi connectivity index (χ0v) is 17.0. The van der Waals surface area contributed by atoms with Gasteiger partial charge in [-0.15, -0.1) is 0 Å². The smallest absolute Gasteiger partial charge is 0.227 e. The number of anilines is 1. The number of hydrogen-bond donors (Lipinski definition) is 1. The molecular weight excluding hydrogens is 407 g/mol. The Morgan fingerprint density at radius 1 is 1.00 bits per heavy atom. The van der Waals surface area contributed by atoms with E-state index in [1.54, 1.807) is 12.1 Å². The summed E-state index contributed by atoms with van der Waals surface area (Å²) < 4.78 is 40.2. The van der Waals surface area contributed by atoms with Crippen LogP contribution in [0, 0.1) is 23.4 Å². The highest BCUT2D eigenvalue weighted by Crippen LogP contribution is 2.28. The molecule has 0 aromatic heterocycles. The molecule has 8 heteroatoms. The van der Waals surface area contributed by atoms with Gasteiger partial charge in [-0.3, -0.25) is 14.5 Å². The molecule has 164 valence electrons. The fourth-order valence-electron chi connectivity index (χ4n) is 4.22. The molecule has 5 nitrogen and oxygen atoms in total. The van der Waals surface area contributed by atoms with Crippen LogP contribution < -0.4 is 10.2 Å². The predicted molar refractivity (Wildman–Crippen MR) is 110 cm³/mol. The molecule has 1 N–H and O–H groups in total. The second kappa shape index (κ2) is 9.09. The minimum atomic E-state index is -0.817. The molecule has 2 fully saturated rings. The molecule has 4 rings (SSSR count). The van der Waals surface area contributed by atoms with Crippen molar-refractivity contribution in [3.05, 3.63) is 65.5 Å². The second-order valence-corrected chi connectivity index (χ2v) is 8.19. The first-order chi connectivity index (χ1) is 14.9. The molecule has 31 heavy (non-hydrogen) atoms. The van der Waals surface area contributed by atoms with Crippen LogP contribution >= 0.6 is 0 Å². The third-order valence-corrected chi connectivity index (χ3v) is 5.95. The van der Waals surface area contributed by atoms with Gasteiger partial charge in [-0.1, -0.05) is 12.1 Å². The number of carbonyl (C=O) groups is 2. The predicted octanol–water partition coefficient (Wildman–Crippen LogP) is 3.24. The van der Waals surface area contributed by atoms with Gasteiger partial charge in [0.05, 0.1) is 11.6 Å². The summed E-state index contributed by atoms with van der Waals surface area (Å²) in [6.45, 7) is 2.42. The molecule has 0 aliphatic carbocycles. The van der Waals surface area contributed by atoms with Crippen LogP contribution in [-0.4, -0.2) is 42.4 Å². The first-order valence-electron chi connectivity index (χ1n) is 10.4. The summed E-state index contributed by atoms with van der Waals surface area (Å²) in [5.41, 5.74) is 1.04. The van der Waals surface area contributed by atoms with Crippen molar-refractivity contribution < 1.29 is 22.8 Å². The summed E-state index contributed by atoms with van der Waals surface area (Å²) in [5.74, 6) is -2.91. The van der Waals surface area contributed by atoms with Crippen LogP contribution in [0.15, 0.2) is 42.5 Å². The molecule has 2 saturated heterocycles. The summed E-state index contributed by atoms with van der Waals surface area (Å²) in [7, 11) is 0. The zero-order valence-electron chi connectivity index (χ0n) is 17.0. The lowest BCUT2D eigenvalue weighted by Crippen LogP contribution is -2.46. The third kappa shape index (κ3) is 5.07. The SMILES string of the molecule is O=C(NC1CCN(Cc2ccc(F)cc2)CC1)C1CC(=O)N(c2ccc(F)cc2F)C1. The van der Waals surface area contributed by atoms with Gasteiger partial charge >= 0.3 is 0 Å². The largest absolute Gasteiger partial charge is 0.353 e. The molecule has 2 aromatic rings. The Labute approximate surface area is 178 Å². The van der Waals surface area contributed by atoms with Gasteiger partial charge in [0.2, 0.25) is 11.8 Å². The Kier molecular flexibility index (Phi) is 6.27. The van der Waals surface area contributed by atoms with E-state index in [1.807, 2.05) is 0 Å². The van der Waals surface area contributed by atoms with Crippen LogP contribution in [0.25, 0.3) is 0 Å². The van der Waals surface area contributed by atoms with Gasteiger partial charge in [0.25, 0.3) is 0 Å². The minimum absolute atomic E-state index is 0.00389. The molecule has 1 unspecified atom stereocenters. The van der Waals surface area contributed by atoms with Crippen LogP contribution in [0.2, 0.25) is 0 Å². The van der Waals surface area contributed by atoms with Crippen LogP contribution in [-0.2, 0) is 16.1 Å². The van der Waals surface area contributed by atoms with Crippen molar-refractivity contribution >= 4 is 17.5 Å². The molecule has 2 aliphatic rings. The van der Waals surface area contributed by atoms with Gasteiger partial charge in [0.1, 0.15) is 17.5 Å². The quantitative estimate of drug-likeness (QED) is 0.791. The molecule has 2 aliphatic heterocycles. The van der Waals surface area contributed by atoms with E-state index in [0.717, 1.165) is 50.2 Å². The number of benzene rings is 2. The summed E-state index contributed by atoms with van der Waals surface area (Å²) in [6.07, 6.45) is 1.57. The number of nitrogens with zero attached hydrogens (tertiary/aromatic N) is 2. The Bertz CT molecular complexity index is 959. The van der Waals surface area contributed by atoms with E-state index >= 15 is 0 Å². The van der Waals surface area contributed by atoms with Crippen molar-refractivity contribution in [3.8, 4) is 0 Å². The number of likely N-dealkylation sites (tertiary alicyclic amines) is 1. The summed E-state index contributed by atoms with van der Waals surface area (Å²) in [4.78, 5) is 28.5. The van der Waals surface area contributed by atoms with E-state index in [2.05, 4.69) is 10.2 Å². The number of piperidine rings is 1. The van der Waals surface area contributed by atoms with E-state index in [0.29, 0.717) is 0 Å². The van der Waals surface area contributed by atoms with E-state index < -0.39 is 17.6 Å². The van der Waals surface area contributed by atoms with Gasteiger partial charge < -0.3 is 10.2 Å². The molecule has 0 radical (unpaired) electrons. The summed E-state index contributed by atoms with van der Waals surface area (Å²) in [6, 6.07) is 9.52. The van der Waals surface area contributed by atoms with Crippen LogP contribution in [0.5, 0.6) is 0 Å². The van der Waals surface area contributed by atoms with E-state index in [1.165, 1.54) is 23.1 Å². The van der Waals surface area contributed by atoms with Crippen molar-refractivity contribution in [1.29, 1.82) is 0 Å². The van der Waals surface area contributed by atoms with Crippen LogP contribution in [0.1, 0.15) is 24.8 Å². The molecule has 2 heterocycles. The summed E-state index contributed by atoms with van der Waals surface area (Å²) >= 11 is 0. The second-order valence-electron chi connectivity index (χ2n) is 8.19. The Balaban J connectivity index is 1.27. The number of amides is 2. The lowest BCUT2D eigenvalue weighted by molar-refractivity contribution is -0.127. The summed E-state index contributed by atoms with van der Waals surface area (Å²) in [5, 5.41) is 3.02. The standard InChI is InChI=1S/C23H24F3N3O2/c24-17-3-1-15(2-4-17)13-28-9-7-19(8-10-28)27-23(31)16-11-22(30)29(14-16)21-6-5-18(25)12-20(21)26/h1-6,12,16,19H,7-11,13-14H2,(H,27,31). The van der Waals surface area contributed by atoms with Crippen molar-refractivity contribution in [2.75, 3.05) is 24.5 Å². The highest BCUT2D eigenvalue weighted by molar-refractivity contribution is 6.00. The maximum Gasteiger partial charge on any atom is 0.227 e. The van der Waals surface area contributed by atoms with E-state index in [9.17, 15) is 22.8 Å². The van der Waals surface area contributed by atoms with Crippen molar-refractivity contribution in [2.45, 2.75) is 31.8 Å². The fraction of sp³-hybridized carbons (Fsp3) is 0.391. The van der Waals surface area contributed by atoms with Gasteiger partial charge in [0.15, 0.2) is 0 Å². The third-order valence-electron chi connectivity index (χ3n) is 5.95. The maximum atomic E-state index is 14.0. The van der Waals surface area contributed by atoms with Gasteiger partial charge in [-0.25, -0.2) is 13.2 Å².